The zero-order chi connectivity index (χ0) is 10.1. The predicted molar refractivity (Wildman–Crippen MR) is 50.4 cm³/mol. The summed E-state index contributed by atoms with van der Waals surface area (Å²) in [7, 11) is 0. The van der Waals surface area contributed by atoms with Crippen LogP contribution in [0.2, 0.25) is 0 Å². The minimum Gasteiger partial charge on any atom is -0.505 e. The van der Waals surface area contributed by atoms with Crippen LogP contribution in [0.25, 0.3) is 11.3 Å². The molecule has 14 heavy (non-hydrogen) atoms. The summed E-state index contributed by atoms with van der Waals surface area (Å²) in [5, 5.41) is 9.18. The lowest BCUT2D eigenvalue weighted by molar-refractivity contribution is 0.432. The highest BCUT2D eigenvalue weighted by molar-refractivity contribution is 5.63. The Morgan fingerprint density at radius 3 is 2.79 bits per heavy atom. The molecule has 0 spiro atoms. The van der Waals surface area contributed by atoms with Crippen molar-refractivity contribution in [1.29, 1.82) is 0 Å². The number of aromatic nitrogens is 2. The molecule has 3 nitrogen and oxygen atoms in total. The number of hydrogen-bond donors (Lipinski definition) is 2. The molecule has 0 fully saturated rings. The van der Waals surface area contributed by atoms with Crippen molar-refractivity contribution in [2.75, 3.05) is 0 Å². The van der Waals surface area contributed by atoms with E-state index in [1.807, 2.05) is 6.92 Å². The van der Waals surface area contributed by atoms with E-state index in [2.05, 4.69) is 9.97 Å². The average Bonchev–Trinajstić information content (AvgIpc) is 2.57. The molecule has 0 saturated heterocycles. The fourth-order valence-corrected chi connectivity index (χ4v) is 1.31. The number of nitrogens with one attached hydrogen (secondary N) is 1. The van der Waals surface area contributed by atoms with Gasteiger partial charge < -0.3 is 10.1 Å². The number of rotatable bonds is 1. The Bertz CT molecular complexity index is 465. The molecule has 0 bridgehead atoms. The van der Waals surface area contributed by atoms with Gasteiger partial charge in [0.15, 0.2) is 11.6 Å². The second kappa shape index (κ2) is 3.14. The molecule has 2 N–H and O–H groups in total. The Labute approximate surface area is 80.2 Å². The summed E-state index contributed by atoms with van der Waals surface area (Å²) in [6.07, 6.45) is 1.56. The van der Waals surface area contributed by atoms with E-state index < -0.39 is 5.82 Å². The first kappa shape index (κ1) is 8.74. The van der Waals surface area contributed by atoms with Crippen molar-refractivity contribution in [3.8, 4) is 17.0 Å². The lowest BCUT2D eigenvalue weighted by Gasteiger charge is -2.00. The average molecular weight is 192 g/mol. The first-order valence-corrected chi connectivity index (χ1v) is 4.17. The minimum absolute atomic E-state index is 0.357. The monoisotopic (exact) mass is 192 g/mol. The molecule has 0 radical (unpaired) electrons. The Balaban J connectivity index is 2.53. The summed E-state index contributed by atoms with van der Waals surface area (Å²) in [6, 6.07) is 4.16. The van der Waals surface area contributed by atoms with Crippen LogP contribution in [0.4, 0.5) is 4.39 Å². The van der Waals surface area contributed by atoms with E-state index in [0.717, 1.165) is 11.4 Å². The van der Waals surface area contributed by atoms with E-state index in [9.17, 15) is 9.50 Å². The van der Waals surface area contributed by atoms with Crippen LogP contribution in [0.15, 0.2) is 24.5 Å². The van der Waals surface area contributed by atoms with Gasteiger partial charge in [-0.1, -0.05) is 0 Å². The molecule has 4 heteroatoms. The van der Waals surface area contributed by atoms with Crippen LogP contribution >= 0.6 is 0 Å². The van der Waals surface area contributed by atoms with Gasteiger partial charge in [-0.05, 0) is 25.1 Å². The lowest BCUT2D eigenvalue weighted by atomic mass is 10.1. The summed E-state index contributed by atoms with van der Waals surface area (Å²) >= 11 is 0. The van der Waals surface area contributed by atoms with E-state index in [1.165, 1.54) is 12.1 Å². The number of phenols is 1. The van der Waals surface area contributed by atoms with E-state index in [0.29, 0.717) is 5.56 Å². The number of aromatic hydroxyl groups is 1. The van der Waals surface area contributed by atoms with Crippen molar-refractivity contribution >= 4 is 0 Å². The zero-order valence-corrected chi connectivity index (χ0v) is 7.58. The maximum atomic E-state index is 12.8. The summed E-state index contributed by atoms with van der Waals surface area (Å²) in [4.78, 5) is 6.98. The second-order valence-corrected chi connectivity index (χ2v) is 3.04. The van der Waals surface area contributed by atoms with Crippen LogP contribution in [-0.4, -0.2) is 15.1 Å². The van der Waals surface area contributed by atoms with Crippen LogP contribution in [0, 0.1) is 12.7 Å². The van der Waals surface area contributed by atoms with Gasteiger partial charge in [0.1, 0.15) is 0 Å². The number of aryl methyl sites for hydroxylation is 1. The standard InChI is InChI=1S/C10H9FN2O/c1-6-10(13-5-12-6)7-2-3-8(11)9(14)4-7/h2-5,14H,1H3,(H,12,13). The number of phenolic OH excluding ortho intramolecular Hbond substituents is 1. The van der Waals surface area contributed by atoms with Gasteiger partial charge in [0.25, 0.3) is 0 Å². The molecule has 0 unspecified atom stereocenters. The highest BCUT2D eigenvalue weighted by atomic mass is 19.1. The van der Waals surface area contributed by atoms with Crippen LogP contribution in [0.3, 0.4) is 0 Å². The highest BCUT2D eigenvalue weighted by Crippen LogP contribution is 2.25. The number of H-pyrrole nitrogens is 1. The van der Waals surface area contributed by atoms with Crippen molar-refractivity contribution in [1.82, 2.24) is 9.97 Å². The Morgan fingerprint density at radius 2 is 2.21 bits per heavy atom. The molecule has 72 valence electrons. The number of imidazole rings is 1. The van der Waals surface area contributed by atoms with Gasteiger partial charge >= 0.3 is 0 Å². The topological polar surface area (TPSA) is 48.9 Å². The molecule has 0 aliphatic carbocycles. The van der Waals surface area contributed by atoms with Gasteiger partial charge in [0, 0.05) is 11.3 Å². The van der Waals surface area contributed by atoms with Gasteiger partial charge in [0.2, 0.25) is 0 Å². The molecule has 0 atom stereocenters. The zero-order valence-electron chi connectivity index (χ0n) is 7.58. The Hall–Kier alpha value is -1.84. The number of aromatic amines is 1. The smallest absolute Gasteiger partial charge is 0.164 e. The van der Waals surface area contributed by atoms with E-state index in [4.69, 9.17) is 0 Å². The number of halogens is 1. The summed E-state index contributed by atoms with van der Waals surface area (Å²) < 4.78 is 12.8. The van der Waals surface area contributed by atoms with E-state index >= 15 is 0 Å². The maximum Gasteiger partial charge on any atom is 0.164 e. The van der Waals surface area contributed by atoms with Crippen molar-refractivity contribution in [3.63, 3.8) is 0 Å². The fourth-order valence-electron chi connectivity index (χ4n) is 1.31. The van der Waals surface area contributed by atoms with Crippen LogP contribution in [0.1, 0.15) is 5.69 Å². The van der Waals surface area contributed by atoms with Gasteiger partial charge in [-0.25, -0.2) is 9.37 Å². The molecule has 1 aromatic carbocycles. The minimum atomic E-state index is -0.623. The van der Waals surface area contributed by atoms with E-state index in [-0.39, 0.29) is 5.75 Å². The third-order valence-electron chi connectivity index (χ3n) is 2.05. The molecule has 1 heterocycles. The van der Waals surface area contributed by atoms with Crippen molar-refractivity contribution in [2.45, 2.75) is 6.92 Å². The molecule has 2 rings (SSSR count). The van der Waals surface area contributed by atoms with Gasteiger partial charge in [-0.2, -0.15) is 0 Å². The van der Waals surface area contributed by atoms with E-state index in [1.54, 1.807) is 12.4 Å². The number of benzene rings is 1. The highest BCUT2D eigenvalue weighted by Gasteiger charge is 2.07. The quantitative estimate of drug-likeness (QED) is 0.727. The molecule has 0 aliphatic heterocycles. The van der Waals surface area contributed by atoms with Gasteiger partial charge in [-0.3, -0.25) is 0 Å². The van der Waals surface area contributed by atoms with Crippen molar-refractivity contribution in [2.24, 2.45) is 0 Å². The van der Waals surface area contributed by atoms with Crippen molar-refractivity contribution in [3.05, 3.63) is 36.0 Å². The summed E-state index contributed by atoms with van der Waals surface area (Å²) in [6.45, 7) is 1.86. The maximum absolute atomic E-state index is 12.8. The van der Waals surface area contributed by atoms with Gasteiger partial charge in [-0.15, -0.1) is 0 Å². The third-order valence-corrected chi connectivity index (χ3v) is 2.05. The number of nitrogens with zero attached hydrogens (tertiary/aromatic N) is 1. The second-order valence-electron chi connectivity index (χ2n) is 3.04. The molecular formula is C10H9FN2O. The lowest BCUT2D eigenvalue weighted by Crippen LogP contribution is -1.83. The summed E-state index contributed by atoms with van der Waals surface area (Å²) in [5.74, 6) is -0.980. The first-order chi connectivity index (χ1) is 6.68. The molecule has 0 amide bonds. The summed E-state index contributed by atoms with van der Waals surface area (Å²) in [5.41, 5.74) is 2.30. The Kier molecular flexibility index (Phi) is 1.96. The molecule has 0 aliphatic rings. The fraction of sp³-hybridized carbons (Fsp3) is 0.100. The predicted octanol–water partition coefficient (Wildman–Crippen LogP) is 2.23. The van der Waals surface area contributed by atoms with Crippen LogP contribution < -0.4 is 0 Å². The largest absolute Gasteiger partial charge is 0.505 e. The van der Waals surface area contributed by atoms with Crippen LogP contribution in [0.5, 0.6) is 5.75 Å². The Morgan fingerprint density at radius 1 is 1.43 bits per heavy atom. The first-order valence-electron chi connectivity index (χ1n) is 4.17. The molecule has 0 saturated carbocycles. The van der Waals surface area contributed by atoms with Crippen molar-refractivity contribution < 1.29 is 9.50 Å². The van der Waals surface area contributed by atoms with Crippen LogP contribution in [-0.2, 0) is 0 Å². The molecule has 2 aromatic rings. The normalized spacial score (nSPS) is 10.4. The molecule has 1 aromatic heterocycles. The third kappa shape index (κ3) is 1.35. The van der Waals surface area contributed by atoms with Gasteiger partial charge in [0.05, 0.1) is 12.0 Å². The molecular weight excluding hydrogens is 183 g/mol. The number of hydrogen-bond acceptors (Lipinski definition) is 2. The SMILES string of the molecule is Cc1[nH]cnc1-c1ccc(F)c(O)c1.